The van der Waals surface area contributed by atoms with Crippen LogP contribution in [0.15, 0.2) is 18.2 Å². The van der Waals surface area contributed by atoms with Gasteiger partial charge in [0.1, 0.15) is 6.54 Å². The predicted octanol–water partition coefficient (Wildman–Crippen LogP) is 2.99. The number of anilines is 1. The van der Waals surface area contributed by atoms with Gasteiger partial charge in [-0.1, -0.05) is 6.07 Å². The molecule has 2 heterocycles. The number of urea groups is 1. The van der Waals surface area contributed by atoms with E-state index in [4.69, 9.17) is 5.11 Å². The molecule has 0 unspecified atom stereocenters. The molecule has 8 heteroatoms. The van der Waals surface area contributed by atoms with Gasteiger partial charge in [-0.05, 0) is 87.2 Å². The third kappa shape index (κ3) is 4.78. The summed E-state index contributed by atoms with van der Waals surface area (Å²) >= 11 is 0. The van der Waals surface area contributed by atoms with Crippen LogP contribution >= 0.6 is 12.4 Å². The number of carboxylic acids is 1. The lowest BCUT2D eigenvalue weighted by atomic mass is 9.83. The maximum Gasteiger partial charge on any atom is 0.332 e. The Morgan fingerprint density at radius 1 is 1.07 bits per heavy atom. The number of hydrogen-bond acceptors (Lipinski definition) is 4. The van der Waals surface area contributed by atoms with E-state index in [9.17, 15) is 14.4 Å². The number of halogens is 1. The van der Waals surface area contributed by atoms with Crippen LogP contribution in [0.4, 0.5) is 10.5 Å². The number of nitrogens with one attached hydrogen (secondary N) is 1. The summed E-state index contributed by atoms with van der Waals surface area (Å²) in [5.41, 5.74) is 3.18. The Morgan fingerprint density at radius 2 is 1.77 bits per heavy atom. The number of nitrogens with zero attached hydrogens (tertiary/aromatic N) is 2. The first-order valence-electron chi connectivity index (χ1n) is 10.7. The van der Waals surface area contributed by atoms with Crippen LogP contribution in [-0.4, -0.2) is 53.6 Å². The highest BCUT2D eigenvalue weighted by atomic mass is 35.5. The monoisotopic (exact) mass is 435 g/mol. The van der Waals surface area contributed by atoms with E-state index < -0.39 is 5.97 Å². The van der Waals surface area contributed by atoms with Gasteiger partial charge in [0.25, 0.3) is 5.91 Å². The molecule has 2 aliphatic heterocycles. The van der Waals surface area contributed by atoms with Crippen molar-refractivity contribution in [2.24, 2.45) is 5.92 Å². The van der Waals surface area contributed by atoms with Crippen molar-refractivity contribution >= 4 is 36.0 Å². The Balaban J connectivity index is 0.00000256. The minimum absolute atomic E-state index is 0. The molecule has 1 saturated carbocycles. The zero-order chi connectivity index (χ0) is 20.4. The van der Waals surface area contributed by atoms with E-state index in [0.717, 1.165) is 51.6 Å². The van der Waals surface area contributed by atoms with Crippen LogP contribution in [-0.2, 0) is 22.4 Å². The Bertz CT molecular complexity index is 808. The molecule has 1 aromatic carbocycles. The first-order valence-corrected chi connectivity index (χ1v) is 10.7. The van der Waals surface area contributed by atoms with Gasteiger partial charge in [-0.2, -0.15) is 0 Å². The van der Waals surface area contributed by atoms with Crippen molar-refractivity contribution < 1.29 is 19.5 Å². The van der Waals surface area contributed by atoms with Crippen LogP contribution in [0.3, 0.4) is 0 Å². The fraction of sp³-hybridized carbons (Fsp3) is 0.591. The summed E-state index contributed by atoms with van der Waals surface area (Å²) in [5, 5.41) is 12.2. The average Bonchev–Trinajstić information content (AvgIpc) is 2.87. The van der Waals surface area contributed by atoms with Crippen LogP contribution in [0.25, 0.3) is 0 Å². The quantitative estimate of drug-likeness (QED) is 0.694. The molecule has 7 nitrogen and oxygen atoms in total. The molecule has 0 aromatic heterocycles. The molecule has 4 rings (SSSR count). The molecule has 2 fully saturated rings. The number of rotatable bonds is 5. The Morgan fingerprint density at radius 3 is 2.47 bits per heavy atom. The lowest BCUT2D eigenvalue weighted by molar-refractivity contribution is -0.137. The Labute approximate surface area is 183 Å². The Hall–Kier alpha value is -2.12. The van der Waals surface area contributed by atoms with Gasteiger partial charge in [0.15, 0.2) is 0 Å². The molecule has 3 aliphatic rings. The maximum absolute atomic E-state index is 13.1. The molecule has 0 atom stereocenters. The summed E-state index contributed by atoms with van der Waals surface area (Å²) in [7, 11) is 0. The van der Waals surface area contributed by atoms with E-state index in [1.54, 1.807) is 4.90 Å². The van der Waals surface area contributed by atoms with E-state index in [1.807, 2.05) is 12.1 Å². The van der Waals surface area contributed by atoms with Gasteiger partial charge >= 0.3 is 12.0 Å². The normalized spacial score (nSPS) is 24.3. The summed E-state index contributed by atoms with van der Waals surface area (Å²) < 4.78 is 0. The van der Waals surface area contributed by atoms with Gasteiger partial charge in [0.2, 0.25) is 0 Å². The van der Waals surface area contributed by atoms with Gasteiger partial charge in [-0.3, -0.25) is 9.59 Å². The fourth-order valence-electron chi connectivity index (χ4n) is 4.93. The zero-order valence-corrected chi connectivity index (χ0v) is 18.0. The summed E-state index contributed by atoms with van der Waals surface area (Å²) in [6.45, 7) is 2.01. The molecule has 1 saturated heterocycles. The van der Waals surface area contributed by atoms with Crippen molar-refractivity contribution in [3.8, 4) is 0 Å². The lowest BCUT2D eigenvalue weighted by Gasteiger charge is -2.33. The second-order valence-corrected chi connectivity index (χ2v) is 8.45. The standard InChI is InChI=1S/C22H29N3O4.ClH/c26-20-14-24(18-5-1-15(2-6-18)3-8-21(27)28)22(29)25(20)19-7-4-16-9-11-23-12-10-17(16)13-19;/h4,7,13,15,18,23H,1-3,5-6,8-12,14H2,(H,27,28);1H. The van der Waals surface area contributed by atoms with E-state index in [1.165, 1.54) is 16.0 Å². The SMILES string of the molecule is Cl.O=C(O)CCC1CCC(N2CC(=O)N(c3ccc4c(c3)CCNCC4)C2=O)CC1. The highest BCUT2D eigenvalue weighted by Crippen LogP contribution is 2.34. The largest absolute Gasteiger partial charge is 0.481 e. The minimum atomic E-state index is -0.750. The third-order valence-electron chi connectivity index (χ3n) is 6.61. The van der Waals surface area contributed by atoms with Gasteiger partial charge < -0.3 is 15.3 Å². The maximum atomic E-state index is 13.1. The van der Waals surface area contributed by atoms with E-state index >= 15 is 0 Å². The first kappa shape index (κ1) is 22.6. The molecule has 3 amide bonds. The summed E-state index contributed by atoms with van der Waals surface area (Å²) in [6.07, 6.45) is 6.30. The lowest BCUT2D eigenvalue weighted by Crippen LogP contribution is -2.41. The third-order valence-corrected chi connectivity index (χ3v) is 6.61. The molecule has 0 spiro atoms. The van der Waals surface area contributed by atoms with Crippen molar-refractivity contribution in [1.82, 2.24) is 10.2 Å². The molecule has 0 radical (unpaired) electrons. The molecule has 0 bridgehead atoms. The molecule has 2 N–H and O–H groups in total. The number of amides is 3. The number of carbonyl (C=O) groups excluding carboxylic acids is 2. The fourth-order valence-corrected chi connectivity index (χ4v) is 4.93. The minimum Gasteiger partial charge on any atom is -0.481 e. The summed E-state index contributed by atoms with van der Waals surface area (Å²) in [4.78, 5) is 39.6. The number of hydrogen-bond donors (Lipinski definition) is 2. The molecule has 30 heavy (non-hydrogen) atoms. The van der Waals surface area contributed by atoms with Crippen LogP contribution in [0.1, 0.15) is 49.7 Å². The van der Waals surface area contributed by atoms with Crippen molar-refractivity contribution in [2.75, 3.05) is 24.5 Å². The smallest absolute Gasteiger partial charge is 0.332 e. The molecule has 1 aromatic rings. The number of carbonyl (C=O) groups is 3. The summed E-state index contributed by atoms with van der Waals surface area (Å²) in [6, 6.07) is 5.81. The zero-order valence-electron chi connectivity index (χ0n) is 17.1. The number of carboxylic acid groups (broad SMARTS) is 1. The Kier molecular flexibility index (Phi) is 7.36. The van der Waals surface area contributed by atoms with E-state index in [-0.39, 0.29) is 43.4 Å². The van der Waals surface area contributed by atoms with Gasteiger partial charge in [0, 0.05) is 12.5 Å². The predicted molar refractivity (Wildman–Crippen MR) is 116 cm³/mol. The molecular formula is C22H30ClN3O4. The van der Waals surface area contributed by atoms with Crippen LogP contribution in [0.2, 0.25) is 0 Å². The van der Waals surface area contributed by atoms with Gasteiger partial charge in [-0.15, -0.1) is 12.4 Å². The topological polar surface area (TPSA) is 89.9 Å². The highest BCUT2D eigenvalue weighted by Gasteiger charge is 2.41. The first-order chi connectivity index (χ1) is 14.0. The van der Waals surface area contributed by atoms with Crippen LogP contribution in [0, 0.1) is 5.92 Å². The van der Waals surface area contributed by atoms with Crippen LogP contribution < -0.4 is 10.2 Å². The molecular weight excluding hydrogens is 406 g/mol. The number of benzene rings is 1. The average molecular weight is 436 g/mol. The van der Waals surface area contributed by atoms with Gasteiger partial charge in [0.05, 0.1) is 5.69 Å². The van der Waals surface area contributed by atoms with E-state index in [2.05, 4.69) is 11.4 Å². The second-order valence-electron chi connectivity index (χ2n) is 8.45. The van der Waals surface area contributed by atoms with Crippen LogP contribution in [0.5, 0.6) is 0 Å². The van der Waals surface area contributed by atoms with Crippen molar-refractivity contribution in [3.05, 3.63) is 29.3 Å². The second kappa shape index (κ2) is 9.79. The van der Waals surface area contributed by atoms with Gasteiger partial charge in [-0.25, -0.2) is 9.69 Å². The van der Waals surface area contributed by atoms with Crippen molar-refractivity contribution in [1.29, 1.82) is 0 Å². The summed E-state index contributed by atoms with van der Waals surface area (Å²) in [5.74, 6) is -0.501. The molecule has 164 valence electrons. The number of aliphatic carboxylic acids is 1. The van der Waals surface area contributed by atoms with Crippen molar-refractivity contribution in [2.45, 2.75) is 57.4 Å². The highest BCUT2D eigenvalue weighted by molar-refractivity contribution is 6.19. The van der Waals surface area contributed by atoms with E-state index in [0.29, 0.717) is 18.0 Å². The number of imide groups is 1. The van der Waals surface area contributed by atoms with Crippen molar-refractivity contribution in [3.63, 3.8) is 0 Å². The molecule has 1 aliphatic carbocycles. The number of fused-ring (bicyclic) bond motifs is 1.